The lowest BCUT2D eigenvalue weighted by atomic mass is 9.89. The van der Waals surface area contributed by atoms with Gasteiger partial charge in [-0.15, -0.1) is 0 Å². The maximum atomic E-state index is 11.7. The Balaban J connectivity index is 3.88. The maximum absolute atomic E-state index is 11.7. The van der Waals surface area contributed by atoms with Crippen molar-refractivity contribution in [2.24, 2.45) is 5.92 Å². The number of rotatable bonds is 31. The number of carbonyl (C=O) groups excluding carboxylic acids is 1. The molecule has 4 nitrogen and oxygen atoms in total. The van der Waals surface area contributed by atoms with E-state index in [0.29, 0.717) is 13.2 Å². The largest absolute Gasteiger partial charge is 0.508 e. The van der Waals surface area contributed by atoms with Crippen LogP contribution in [-0.4, -0.2) is 44.9 Å². The average Bonchev–Trinajstić information content (AvgIpc) is 2.92. The first-order chi connectivity index (χ1) is 19.1. The SMILES string of the molecule is CCCCCCCCCCC(CCCCCCCCCC)CCCCCCCOC(=O)OCCCCN(C)C. The Morgan fingerprint density at radius 3 is 1.21 bits per heavy atom. The van der Waals surface area contributed by atoms with E-state index < -0.39 is 6.16 Å². The summed E-state index contributed by atoms with van der Waals surface area (Å²) in [7, 11) is 4.12. The standard InChI is InChI=1S/C35H71NO3/c1-5-7-9-11-13-15-18-22-28-34(29-23-19-16-14-12-10-8-6-2)30-24-20-17-21-26-32-38-35(37)39-33-27-25-31-36(3)4/h34H,5-33H2,1-4H3. The van der Waals surface area contributed by atoms with Gasteiger partial charge in [0.2, 0.25) is 0 Å². The number of ether oxygens (including phenoxy) is 2. The molecule has 0 N–H and O–H groups in total. The second-order valence-electron chi connectivity index (χ2n) is 12.4. The Hall–Kier alpha value is -0.770. The number of carbonyl (C=O) groups is 1. The Bertz CT molecular complexity index is 463. The number of hydrogen-bond acceptors (Lipinski definition) is 4. The van der Waals surface area contributed by atoms with E-state index in [2.05, 4.69) is 32.8 Å². The van der Waals surface area contributed by atoms with Gasteiger partial charge in [-0.3, -0.25) is 0 Å². The summed E-state index contributed by atoms with van der Waals surface area (Å²) in [5, 5.41) is 0. The number of nitrogens with zero attached hydrogens (tertiary/aromatic N) is 1. The van der Waals surface area contributed by atoms with E-state index >= 15 is 0 Å². The van der Waals surface area contributed by atoms with E-state index in [0.717, 1.165) is 38.1 Å². The van der Waals surface area contributed by atoms with E-state index in [1.807, 2.05) is 0 Å². The van der Waals surface area contributed by atoms with Crippen LogP contribution in [0.3, 0.4) is 0 Å². The smallest absolute Gasteiger partial charge is 0.434 e. The van der Waals surface area contributed by atoms with Crippen LogP contribution in [0.5, 0.6) is 0 Å². The molecule has 0 unspecified atom stereocenters. The zero-order valence-electron chi connectivity index (χ0n) is 27.3. The van der Waals surface area contributed by atoms with Crippen molar-refractivity contribution in [2.75, 3.05) is 33.9 Å². The highest BCUT2D eigenvalue weighted by Crippen LogP contribution is 2.25. The monoisotopic (exact) mass is 554 g/mol. The molecule has 0 spiro atoms. The summed E-state index contributed by atoms with van der Waals surface area (Å²) in [5.74, 6) is 0.945. The summed E-state index contributed by atoms with van der Waals surface area (Å²) in [6.07, 6.45) is 34.7. The molecular weight excluding hydrogens is 482 g/mol. The van der Waals surface area contributed by atoms with Crippen LogP contribution in [0, 0.1) is 5.92 Å². The van der Waals surface area contributed by atoms with Crippen molar-refractivity contribution in [3.8, 4) is 0 Å². The maximum Gasteiger partial charge on any atom is 0.508 e. The fourth-order valence-corrected chi connectivity index (χ4v) is 5.51. The van der Waals surface area contributed by atoms with Crippen LogP contribution in [0.2, 0.25) is 0 Å². The lowest BCUT2D eigenvalue weighted by Gasteiger charge is -2.17. The van der Waals surface area contributed by atoms with Crippen molar-refractivity contribution < 1.29 is 14.3 Å². The third-order valence-corrected chi connectivity index (χ3v) is 8.13. The van der Waals surface area contributed by atoms with E-state index in [-0.39, 0.29) is 0 Å². The highest BCUT2D eigenvalue weighted by Gasteiger charge is 2.09. The van der Waals surface area contributed by atoms with Crippen molar-refractivity contribution in [3.05, 3.63) is 0 Å². The van der Waals surface area contributed by atoms with E-state index in [1.54, 1.807) is 0 Å². The molecule has 39 heavy (non-hydrogen) atoms. The van der Waals surface area contributed by atoms with Gasteiger partial charge in [0.05, 0.1) is 13.2 Å². The molecule has 234 valence electrons. The van der Waals surface area contributed by atoms with Gasteiger partial charge < -0.3 is 14.4 Å². The van der Waals surface area contributed by atoms with Gasteiger partial charge in [-0.2, -0.15) is 0 Å². The molecule has 0 radical (unpaired) electrons. The van der Waals surface area contributed by atoms with Gasteiger partial charge in [0, 0.05) is 0 Å². The van der Waals surface area contributed by atoms with Gasteiger partial charge in [0.25, 0.3) is 0 Å². The van der Waals surface area contributed by atoms with Crippen molar-refractivity contribution in [1.29, 1.82) is 0 Å². The van der Waals surface area contributed by atoms with Crippen LogP contribution in [0.25, 0.3) is 0 Å². The minimum Gasteiger partial charge on any atom is -0.434 e. The lowest BCUT2D eigenvalue weighted by Crippen LogP contribution is -2.14. The van der Waals surface area contributed by atoms with Gasteiger partial charge in [0.15, 0.2) is 0 Å². The first-order valence-corrected chi connectivity index (χ1v) is 17.5. The topological polar surface area (TPSA) is 38.8 Å². The predicted molar refractivity (Wildman–Crippen MR) is 171 cm³/mol. The molecule has 0 bridgehead atoms. The van der Waals surface area contributed by atoms with Crippen molar-refractivity contribution in [3.63, 3.8) is 0 Å². The third kappa shape index (κ3) is 31.6. The van der Waals surface area contributed by atoms with Crippen molar-refractivity contribution >= 4 is 6.16 Å². The summed E-state index contributed by atoms with van der Waals surface area (Å²) in [4.78, 5) is 13.8. The zero-order chi connectivity index (χ0) is 28.7. The van der Waals surface area contributed by atoms with Crippen molar-refractivity contribution in [2.45, 2.75) is 181 Å². The zero-order valence-corrected chi connectivity index (χ0v) is 27.3. The summed E-state index contributed by atoms with van der Waals surface area (Å²) in [6.45, 7) is 6.59. The van der Waals surface area contributed by atoms with Gasteiger partial charge >= 0.3 is 6.16 Å². The first-order valence-electron chi connectivity index (χ1n) is 17.5. The fourth-order valence-electron chi connectivity index (χ4n) is 5.51. The predicted octanol–water partition coefficient (Wildman–Crippen LogP) is 11.5. The minimum absolute atomic E-state index is 0.464. The van der Waals surface area contributed by atoms with E-state index in [4.69, 9.17) is 9.47 Å². The molecule has 0 aromatic heterocycles. The molecule has 0 saturated carbocycles. The quantitative estimate of drug-likeness (QED) is 0.0632. The summed E-state index contributed by atoms with van der Waals surface area (Å²) < 4.78 is 10.4. The molecule has 0 saturated heterocycles. The molecule has 0 heterocycles. The molecule has 0 amide bonds. The average molecular weight is 554 g/mol. The molecule has 0 aliphatic heterocycles. The van der Waals surface area contributed by atoms with Crippen molar-refractivity contribution in [1.82, 2.24) is 4.90 Å². The molecular formula is C35H71NO3. The summed E-state index contributed by atoms with van der Waals surface area (Å²) >= 11 is 0. The van der Waals surface area contributed by atoms with Crippen LogP contribution < -0.4 is 0 Å². The van der Waals surface area contributed by atoms with Crippen LogP contribution in [-0.2, 0) is 9.47 Å². The lowest BCUT2D eigenvalue weighted by molar-refractivity contribution is 0.0527. The Kier molecular flexibility index (Phi) is 31.1. The van der Waals surface area contributed by atoms with E-state index in [9.17, 15) is 4.79 Å². The Morgan fingerprint density at radius 2 is 0.821 bits per heavy atom. The molecule has 0 aromatic rings. The molecule has 0 aliphatic rings. The summed E-state index contributed by atoms with van der Waals surface area (Å²) in [6, 6.07) is 0. The highest BCUT2D eigenvalue weighted by atomic mass is 16.7. The molecule has 0 aromatic carbocycles. The molecule has 4 heteroatoms. The van der Waals surface area contributed by atoms with Gasteiger partial charge in [0.1, 0.15) is 0 Å². The normalized spacial score (nSPS) is 11.5. The number of hydrogen-bond donors (Lipinski definition) is 0. The minimum atomic E-state index is -0.496. The first kappa shape index (κ1) is 38.2. The van der Waals surface area contributed by atoms with E-state index in [1.165, 1.54) is 141 Å². The number of unbranched alkanes of at least 4 members (excludes halogenated alkanes) is 19. The molecule has 0 fully saturated rings. The van der Waals surface area contributed by atoms with Gasteiger partial charge in [-0.25, -0.2) is 4.79 Å². The molecule has 0 aliphatic carbocycles. The van der Waals surface area contributed by atoms with Crippen LogP contribution in [0.1, 0.15) is 181 Å². The van der Waals surface area contributed by atoms with Crippen LogP contribution in [0.4, 0.5) is 4.79 Å². The van der Waals surface area contributed by atoms with Crippen LogP contribution in [0.15, 0.2) is 0 Å². The molecule has 0 rings (SSSR count). The fraction of sp³-hybridized carbons (Fsp3) is 0.971. The highest BCUT2D eigenvalue weighted by molar-refractivity contribution is 5.59. The third-order valence-electron chi connectivity index (χ3n) is 8.13. The van der Waals surface area contributed by atoms with Gasteiger partial charge in [-0.1, -0.05) is 162 Å². The second-order valence-corrected chi connectivity index (χ2v) is 12.4. The Morgan fingerprint density at radius 1 is 0.487 bits per heavy atom. The molecule has 0 atom stereocenters. The second kappa shape index (κ2) is 31.8. The van der Waals surface area contributed by atoms with Gasteiger partial charge in [-0.05, 0) is 45.8 Å². The Labute approximate surface area is 245 Å². The van der Waals surface area contributed by atoms with Crippen LogP contribution >= 0.6 is 0 Å². The summed E-state index contributed by atoms with van der Waals surface area (Å²) in [5.41, 5.74) is 0.